The molecule has 0 saturated carbocycles. The summed E-state index contributed by atoms with van der Waals surface area (Å²) in [7, 11) is 1.57. The van der Waals surface area contributed by atoms with Crippen LogP contribution < -0.4 is 9.64 Å². The molecule has 0 spiro atoms. The van der Waals surface area contributed by atoms with Crippen molar-refractivity contribution in [3.05, 3.63) is 80.5 Å². The summed E-state index contributed by atoms with van der Waals surface area (Å²) < 4.78 is 5.90. The highest BCUT2D eigenvalue weighted by molar-refractivity contribution is 9.10. The number of carbonyl (C=O) groups excluding carboxylic acids is 3. The van der Waals surface area contributed by atoms with E-state index in [0.717, 1.165) is 9.78 Å². The number of anilines is 1. The van der Waals surface area contributed by atoms with E-state index in [1.54, 1.807) is 54.5 Å². The first-order valence-electron chi connectivity index (χ1n) is 9.10. The van der Waals surface area contributed by atoms with Gasteiger partial charge >= 0.3 is 0 Å². The van der Waals surface area contributed by atoms with E-state index in [1.165, 1.54) is 11.3 Å². The summed E-state index contributed by atoms with van der Waals surface area (Å²) in [4.78, 5) is 42.3. The number of hydrogen-bond donors (Lipinski definition) is 0. The molecule has 6 nitrogen and oxygen atoms in total. The minimum atomic E-state index is -0.463. The van der Waals surface area contributed by atoms with Crippen LogP contribution in [0.2, 0.25) is 0 Å². The maximum Gasteiger partial charge on any atom is 0.262 e. The molecule has 1 aliphatic rings. The topological polar surface area (TPSA) is 66.9 Å². The molecule has 2 heterocycles. The van der Waals surface area contributed by atoms with Gasteiger partial charge in [-0.1, -0.05) is 22.0 Å². The monoisotopic (exact) mass is 484 g/mol. The van der Waals surface area contributed by atoms with Crippen molar-refractivity contribution in [2.45, 2.75) is 6.54 Å². The van der Waals surface area contributed by atoms with Crippen LogP contribution in [0.15, 0.2) is 64.5 Å². The normalized spacial score (nSPS) is 12.8. The molecule has 152 valence electrons. The van der Waals surface area contributed by atoms with Gasteiger partial charge in [0.15, 0.2) is 0 Å². The summed E-state index contributed by atoms with van der Waals surface area (Å²) in [5.74, 6) is -0.590. The van der Waals surface area contributed by atoms with Crippen molar-refractivity contribution in [1.29, 1.82) is 0 Å². The average molecular weight is 485 g/mol. The van der Waals surface area contributed by atoms with E-state index in [4.69, 9.17) is 4.74 Å². The Morgan fingerprint density at radius 2 is 1.80 bits per heavy atom. The summed E-state index contributed by atoms with van der Waals surface area (Å²) >= 11 is 4.85. The number of rotatable bonds is 6. The van der Waals surface area contributed by atoms with Gasteiger partial charge in [-0.2, -0.15) is 0 Å². The third-order valence-electron chi connectivity index (χ3n) is 4.81. The summed E-state index contributed by atoms with van der Waals surface area (Å²) in [5, 5.41) is 1.94. The van der Waals surface area contributed by atoms with Crippen LogP contribution in [0, 0.1) is 0 Å². The number of amides is 3. The molecule has 4 rings (SSSR count). The van der Waals surface area contributed by atoms with Gasteiger partial charge in [0.05, 0.1) is 24.8 Å². The standard InChI is InChI=1S/C22H17BrN2O4S/c1-29-16-7-5-15(6-8-16)24(12-17-3-2-10-30-17)20(26)13-25-21(27)18-9-4-14(23)11-19(18)22(25)28/h2-11H,12-13H2,1H3. The van der Waals surface area contributed by atoms with E-state index in [1.807, 2.05) is 17.5 Å². The van der Waals surface area contributed by atoms with Crippen molar-refractivity contribution < 1.29 is 19.1 Å². The molecule has 0 fully saturated rings. The van der Waals surface area contributed by atoms with Gasteiger partial charge in [-0.25, -0.2) is 0 Å². The third kappa shape index (κ3) is 3.88. The highest BCUT2D eigenvalue weighted by atomic mass is 79.9. The number of carbonyl (C=O) groups is 3. The van der Waals surface area contributed by atoms with Gasteiger partial charge in [0.2, 0.25) is 5.91 Å². The molecular formula is C22H17BrN2O4S. The number of nitrogens with zero attached hydrogens (tertiary/aromatic N) is 2. The number of fused-ring (bicyclic) bond motifs is 1. The molecule has 2 aromatic carbocycles. The van der Waals surface area contributed by atoms with Gasteiger partial charge in [-0.3, -0.25) is 19.3 Å². The van der Waals surface area contributed by atoms with Gasteiger partial charge in [0.1, 0.15) is 12.3 Å². The molecule has 8 heteroatoms. The summed E-state index contributed by atoms with van der Waals surface area (Å²) in [6, 6.07) is 15.9. The second kappa shape index (κ2) is 8.41. The number of benzene rings is 2. The maximum atomic E-state index is 13.2. The van der Waals surface area contributed by atoms with Crippen molar-refractivity contribution in [3.8, 4) is 5.75 Å². The van der Waals surface area contributed by atoms with Gasteiger partial charge in [-0.15, -0.1) is 11.3 Å². The molecule has 0 saturated heterocycles. The molecule has 0 bridgehead atoms. The second-order valence-electron chi connectivity index (χ2n) is 6.64. The number of halogens is 1. The van der Waals surface area contributed by atoms with E-state index in [0.29, 0.717) is 33.6 Å². The zero-order chi connectivity index (χ0) is 21.3. The zero-order valence-electron chi connectivity index (χ0n) is 16.0. The lowest BCUT2D eigenvalue weighted by Crippen LogP contribution is -2.42. The van der Waals surface area contributed by atoms with E-state index < -0.39 is 11.8 Å². The average Bonchev–Trinajstić information content (AvgIpc) is 3.35. The first-order valence-corrected chi connectivity index (χ1v) is 10.8. The molecule has 3 aromatic rings. The molecule has 0 unspecified atom stereocenters. The Hall–Kier alpha value is -2.97. The molecule has 0 N–H and O–H groups in total. The van der Waals surface area contributed by atoms with Gasteiger partial charge in [0.25, 0.3) is 11.8 Å². The number of imide groups is 1. The Labute approximate surface area is 185 Å². The quantitative estimate of drug-likeness (QED) is 0.487. The molecule has 1 aliphatic heterocycles. The van der Waals surface area contributed by atoms with Crippen LogP contribution in [0.4, 0.5) is 5.69 Å². The summed E-state index contributed by atoms with van der Waals surface area (Å²) in [5.41, 5.74) is 1.27. The third-order valence-corrected chi connectivity index (χ3v) is 6.16. The van der Waals surface area contributed by atoms with Gasteiger partial charge in [0, 0.05) is 15.0 Å². The fourth-order valence-electron chi connectivity index (χ4n) is 3.27. The predicted molar refractivity (Wildman–Crippen MR) is 118 cm³/mol. The van der Waals surface area contributed by atoms with Crippen LogP contribution in [0.25, 0.3) is 0 Å². The lowest BCUT2D eigenvalue weighted by atomic mass is 10.1. The molecule has 3 amide bonds. The van der Waals surface area contributed by atoms with Crippen LogP contribution in [0.3, 0.4) is 0 Å². The first-order chi connectivity index (χ1) is 14.5. The largest absolute Gasteiger partial charge is 0.497 e. The smallest absolute Gasteiger partial charge is 0.262 e. The number of methoxy groups -OCH3 is 1. The van der Waals surface area contributed by atoms with Gasteiger partial charge in [-0.05, 0) is 53.9 Å². The fraction of sp³-hybridized carbons (Fsp3) is 0.136. The highest BCUT2D eigenvalue weighted by Crippen LogP contribution is 2.27. The maximum absolute atomic E-state index is 13.2. The van der Waals surface area contributed by atoms with Crippen molar-refractivity contribution in [2.75, 3.05) is 18.6 Å². The van der Waals surface area contributed by atoms with Crippen molar-refractivity contribution in [1.82, 2.24) is 4.90 Å². The van der Waals surface area contributed by atoms with Crippen molar-refractivity contribution in [3.63, 3.8) is 0 Å². The lowest BCUT2D eigenvalue weighted by molar-refractivity contribution is -0.119. The summed E-state index contributed by atoms with van der Waals surface area (Å²) in [6.45, 7) is 0.0128. The molecule has 30 heavy (non-hydrogen) atoms. The molecule has 0 aliphatic carbocycles. The second-order valence-corrected chi connectivity index (χ2v) is 8.59. The number of hydrogen-bond acceptors (Lipinski definition) is 5. The van der Waals surface area contributed by atoms with Crippen molar-refractivity contribution >= 4 is 50.7 Å². The highest BCUT2D eigenvalue weighted by Gasteiger charge is 2.37. The molecule has 1 aromatic heterocycles. The van der Waals surface area contributed by atoms with Crippen LogP contribution in [-0.4, -0.2) is 36.3 Å². The molecule has 0 atom stereocenters. The number of thiophene rings is 1. The minimum Gasteiger partial charge on any atom is -0.497 e. The van der Waals surface area contributed by atoms with E-state index in [-0.39, 0.29) is 12.5 Å². The molecular weight excluding hydrogens is 468 g/mol. The van der Waals surface area contributed by atoms with Crippen molar-refractivity contribution in [2.24, 2.45) is 0 Å². The van der Waals surface area contributed by atoms with E-state index in [9.17, 15) is 14.4 Å². The van der Waals surface area contributed by atoms with Crippen LogP contribution in [0.1, 0.15) is 25.6 Å². The minimum absolute atomic E-state index is 0.302. The summed E-state index contributed by atoms with van der Waals surface area (Å²) in [6.07, 6.45) is 0. The Bertz CT molecular complexity index is 1110. The van der Waals surface area contributed by atoms with Crippen LogP contribution in [0.5, 0.6) is 5.75 Å². The van der Waals surface area contributed by atoms with E-state index in [2.05, 4.69) is 15.9 Å². The van der Waals surface area contributed by atoms with Crippen LogP contribution >= 0.6 is 27.3 Å². The van der Waals surface area contributed by atoms with Gasteiger partial charge < -0.3 is 9.64 Å². The Morgan fingerprint density at radius 3 is 2.47 bits per heavy atom. The Kier molecular flexibility index (Phi) is 5.69. The SMILES string of the molecule is COc1ccc(N(Cc2cccs2)C(=O)CN2C(=O)c3ccc(Br)cc3C2=O)cc1. The Morgan fingerprint density at radius 1 is 1.07 bits per heavy atom. The fourth-order valence-corrected chi connectivity index (χ4v) is 4.32. The zero-order valence-corrected chi connectivity index (χ0v) is 18.4. The number of ether oxygens (including phenoxy) is 1. The van der Waals surface area contributed by atoms with Crippen LogP contribution in [-0.2, 0) is 11.3 Å². The van der Waals surface area contributed by atoms with E-state index >= 15 is 0 Å². The lowest BCUT2D eigenvalue weighted by Gasteiger charge is -2.25. The first kappa shape index (κ1) is 20.3. The predicted octanol–water partition coefficient (Wildman–Crippen LogP) is 4.35. The molecule has 0 radical (unpaired) electrons. The Balaban J connectivity index is 1.60.